The van der Waals surface area contributed by atoms with Crippen LogP contribution in [0.3, 0.4) is 0 Å². The summed E-state index contributed by atoms with van der Waals surface area (Å²) in [6, 6.07) is 0. The van der Waals surface area contributed by atoms with Gasteiger partial charge in [0.25, 0.3) is 0 Å². The predicted molar refractivity (Wildman–Crippen MR) is 148 cm³/mol. The van der Waals surface area contributed by atoms with Crippen molar-refractivity contribution >= 4 is 16.4 Å². The standard InChI is InChI=1S/C27H56N2O7S/c1-3-5-6-7-8-9-10-11-12-13-14-15-16-17-18-19-20-28-26(29(21-23-30)22-24-31)25-27(32)36-37(33,34)35-4-2/h26,28,30-31H,3-25H2,1-2H3. The van der Waals surface area contributed by atoms with Crippen molar-refractivity contribution in [2.24, 2.45) is 0 Å². The van der Waals surface area contributed by atoms with E-state index in [-0.39, 0.29) is 39.3 Å². The molecule has 0 fully saturated rings. The monoisotopic (exact) mass is 552 g/mol. The second-order valence-corrected chi connectivity index (χ2v) is 10.9. The number of nitrogens with one attached hydrogen (secondary N) is 1. The van der Waals surface area contributed by atoms with E-state index in [0.717, 1.165) is 19.3 Å². The van der Waals surface area contributed by atoms with Gasteiger partial charge in [-0.05, 0) is 19.9 Å². The van der Waals surface area contributed by atoms with Crippen LogP contribution in [0.25, 0.3) is 0 Å². The molecule has 0 aliphatic rings. The fourth-order valence-electron chi connectivity index (χ4n) is 4.43. The quantitative estimate of drug-likeness (QED) is 0.0938. The summed E-state index contributed by atoms with van der Waals surface area (Å²) in [6.45, 7) is 4.44. The van der Waals surface area contributed by atoms with Crippen molar-refractivity contribution in [1.29, 1.82) is 0 Å². The molecule has 3 N–H and O–H groups in total. The summed E-state index contributed by atoms with van der Waals surface area (Å²) < 4.78 is 32.1. The molecule has 0 saturated heterocycles. The fraction of sp³-hybridized carbons (Fsp3) is 0.963. The number of carbonyl (C=O) groups excluding carboxylic acids is 1. The molecule has 9 nitrogen and oxygen atoms in total. The van der Waals surface area contributed by atoms with Crippen LogP contribution in [0.15, 0.2) is 0 Å². The summed E-state index contributed by atoms with van der Waals surface area (Å²) in [5, 5.41) is 21.9. The van der Waals surface area contributed by atoms with E-state index in [1.165, 1.54) is 90.4 Å². The van der Waals surface area contributed by atoms with Crippen molar-refractivity contribution < 1.29 is 31.8 Å². The Balaban J connectivity index is 4.04. The van der Waals surface area contributed by atoms with Crippen molar-refractivity contribution in [2.45, 2.75) is 129 Å². The van der Waals surface area contributed by atoms with Gasteiger partial charge in [0.1, 0.15) is 0 Å². The fourth-order valence-corrected chi connectivity index (χ4v) is 5.06. The molecular formula is C27H56N2O7S. The van der Waals surface area contributed by atoms with Crippen molar-refractivity contribution in [3.05, 3.63) is 0 Å². The third-order valence-corrected chi connectivity index (χ3v) is 7.36. The lowest BCUT2D eigenvalue weighted by Crippen LogP contribution is -2.49. The zero-order valence-corrected chi connectivity index (χ0v) is 24.4. The molecule has 0 radical (unpaired) electrons. The molecule has 0 bridgehead atoms. The summed E-state index contributed by atoms with van der Waals surface area (Å²) >= 11 is 0. The molecule has 37 heavy (non-hydrogen) atoms. The summed E-state index contributed by atoms with van der Waals surface area (Å²) in [4.78, 5) is 13.9. The zero-order chi connectivity index (χ0) is 27.6. The van der Waals surface area contributed by atoms with Crippen LogP contribution >= 0.6 is 0 Å². The molecule has 0 heterocycles. The highest BCUT2D eigenvalue weighted by Gasteiger charge is 2.25. The van der Waals surface area contributed by atoms with Crippen LogP contribution < -0.4 is 5.32 Å². The summed E-state index contributed by atoms with van der Waals surface area (Å²) in [7, 11) is -4.37. The molecular weight excluding hydrogens is 496 g/mol. The van der Waals surface area contributed by atoms with Gasteiger partial charge in [0.2, 0.25) is 0 Å². The van der Waals surface area contributed by atoms with E-state index in [9.17, 15) is 23.4 Å². The highest BCUT2D eigenvalue weighted by Crippen LogP contribution is 2.14. The maximum Gasteiger partial charge on any atom is 0.451 e. The van der Waals surface area contributed by atoms with Gasteiger partial charge < -0.3 is 19.7 Å². The van der Waals surface area contributed by atoms with Crippen molar-refractivity contribution in [3.8, 4) is 0 Å². The predicted octanol–water partition coefficient (Wildman–Crippen LogP) is 4.66. The molecule has 0 aliphatic heterocycles. The number of hydrogen-bond acceptors (Lipinski definition) is 9. The number of aliphatic hydroxyl groups excluding tert-OH is 2. The molecule has 0 aliphatic carbocycles. The normalized spacial score (nSPS) is 12.8. The Bertz CT molecular complexity index is 614. The van der Waals surface area contributed by atoms with E-state index in [1.807, 2.05) is 0 Å². The highest BCUT2D eigenvalue weighted by atomic mass is 32.3. The number of unbranched alkanes of at least 4 members (excludes halogenated alkanes) is 15. The van der Waals surface area contributed by atoms with E-state index < -0.39 is 22.5 Å². The lowest BCUT2D eigenvalue weighted by molar-refractivity contribution is -0.136. The highest BCUT2D eigenvalue weighted by molar-refractivity contribution is 7.82. The minimum atomic E-state index is -4.37. The Labute approximate surface area is 227 Å². The molecule has 0 aromatic heterocycles. The lowest BCUT2D eigenvalue weighted by Gasteiger charge is -2.30. The number of aliphatic hydroxyl groups is 2. The first-order valence-electron chi connectivity index (χ1n) is 14.7. The van der Waals surface area contributed by atoms with Gasteiger partial charge in [-0.1, -0.05) is 103 Å². The summed E-state index contributed by atoms with van der Waals surface area (Å²) in [5.41, 5.74) is 0. The topological polar surface area (TPSA) is 125 Å². The van der Waals surface area contributed by atoms with Crippen LogP contribution in [0.5, 0.6) is 0 Å². The molecule has 222 valence electrons. The second kappa shape index (κ2) is 25.5. The number of rotatable bonds is 28. The molecule has 0 spiro atoms. The van der Waals surface area contributed by atoms with E-state index in [1.54, 1.807) is 4.90 Å². The van der Waals surface area contributed by atoms with Gasteiger partial charge in [-0.15, -0.1) is 0 Å². The average Bonchev–Trinajstić information content (AvgIpc) is 2.84. The third-order valence-electron chi connectivity index (χ3n) is 6.44. The minimum Gasteiger partial charge on any atom is -0.395 e. The molecule has 0 saturated carbocycles. The number of hydrogen-bond donors (Lipinski definition) is 3. The molecule has 1 unspecified atom stereocenters. The maximum atomic E-state index is 12.2. The Hall–Kier alpha value is -0.780. The van der Waals surface area contributed by atoms with Crippen LogP contribution in [0, 0.1) is 0 Å². The van der Waals surface area contributed by atoms with E-state index >= 15 is 0 Å². The van der Waals surface area contributed by atoms with Gasteiger partial charge in [0, 0.05) is 13.1 Å². The maximum absolute atomic E-state index is 12.2. The lowest BCUT2D eigenvalue weighted by atomic mass is 10.0. The second-order valence-electron chi connectivity index (χ2n) is 9.73. The van der Waals surface area contributed by atoms with Crippen molar-refractivity contribution in [2.75, 3.05) is 39.5 Å². The Morgan fingerprint density at radius 2 is 1.19 bits per heavy atom. The molecule has 0 aromatic rings. The first-order chi connectivity index (χ1) is 17.9. The van der Waals surface area contributed by atoms with Crippen molar-refractivity contribution in [1.82, 2.24) is 10.2 Å². The van der Waals surface area contributed by atoms with Gasteiger partial charge >= 0.3 is 16.4 Å². The summed E-state index contributed by atoms with van der Waals surface area (Å²) in [6.07, 6.45) is 19.9. The average molecular weight is 553 g/mol. The minimum absolute atomic E-state index is 0.127. The first-order valence-corrected chi connectivity index (χ1v) is 16.0. The van der Waals surface area contributed by atoms with Crippen LogP contribution in [0.1, 0.15) is 123 Å². The van der Waals surface area contributed by atoms with E-state index in [2.05, 4.69) is 20.6 Å². The van der Waals surface area contributed by atoms with Gasteiger partial charge in [-0.2, -0.15) is 8.42 Å². The molecule has 0 rings (SSSR count). The van der Waals surface area contributed by atoms with Gasteiger partial charge in [0.15, 0.2) is 0 Å². The van der Waals surface area contributed by atoms with Crippen LogP contribution in [0.4, 0.5) is 0 Å². The van der Waals surface area contributed by atoms with Gasteiger partial charge in [-0.25, -0.2) is 4.18 Å². The van der Waals surface area contributed by atoms with E-state index in [0.29, 0.717) is 6.54 Å². The smallest absolute Gasteiger partial charge is 0.395 e. The zero-order valence-electron chi connectivity index (χ0n) is 23.6. The molecule has 0 amide bonds. The SMILES string of the molecule is CCCCCCCCCCCCCCCCCCNC(CC(=O)OS(=O)(=O)OCC)N(CCO)CCO. The molecule has 10 heteroatoms. The van der Waals surface area contributed by atoms with Gasteiger partial charge in [-0.3, -0.25) is 9.69 Å². The van der Waals surface area contributed by atoms with Gasteiger partial charge in [0.05, 0.1) is 32.4 Å². The van der Waals surface area contributed by atoms with Crippen molar-refractivity contribution in [3.63, 3.8) is 0 Å². The largest absolute Gasteiger partial charge is 0.451 e. The van der Waals surface area contributed by atoms with E-state index in [4.69, 9.17) is 0 Å². The summed E-state index contributed by atoms with van der Waals surface area (Å²) in [5.74, 6) is -0.946. The number of carbonyl (C=O) groups is 1. The first kappa shape index (κ1) is 36.2. The molecule has 1 atom stereocenters. The Kier molecular flexibility index (Phi) is 25.0. The third kappa shape index (κ3) is 22.9. The Morgan fingerprint density at radius 1 is 0.757 bits per heavy atom. The number of nitrogens with zero attached hydrogens (tertiary/aromatic N) is 1. The molecule has 0 aromatic carbocycles. The van der Waals surface area contributed by atoms with Crippen LogP contribution in [-0.4, -0.2) is 75.1 Å². The van der Waals surface area contributed by atoms with Crippen LogP contribution in [0.2, 0.25) is 0 Å². The van der Waals surface area contributed by atoms with Crippen LogP contribution in [-0.2, 0) is 23.6 Å². The Morgan fingerprint density at radius 3 is 1.59 bits per heavy atom.